The average molecular weight is 496 g/mol. The Morgan fingerprint density at radius 3 is 2.08 bits per heavy atom. The molecule has 0 saturated heterocycles. The van der Waals surface area contributed by atoms with Crippen LogP contribution < -0.4 is 16.0 Å². The lowest BCUT2D eigenvalue weighted by Gasteiger charge is -2.20. The summed E-state index contributed by atoms with van der Waals surface area (Å²) < 4.78 is 10.8. The maximum atomic E-state index is 12.7. The van der Waals surface area contributed by atoms with Gasteiger partial charge in [-0.2, -0.15) is 0 Å². The Labute approximate surface area is 213 Å². The van der Waals surface area contributed by atoms with E-state index in [2.05, 4.69) is 40.2 Å². The topological polar surface area (TPSA) is 106 Å². The van der Waals surface area contributed by atoms with E-state index in [4.69, 9.17) is 9.47 Å². The van der Waals surface area contributed by atoms with Gasteiger partial charge in [0.25, 0.3) is 0 Å². The van der Waals surface area contributed by atoms with E-state index in [1.807, 2.05) is 31.2 Å². The van der Waals surface area contributed by atoms with Gasteiger partial charge >= 0.3 is 12.2 Å². The molecule has 0 bridgehead atoms. The van der Waals surface area contributed by atoms with Gasteiger partial charge in [-0.05, 0) is 69.2 Å². The Morgan fingerprint density at radius 2 is 1.50 bits per heavy atom. The molecule has 0 heterocycles. The van der Waals surface area contributed by atoms with Crippen molar-refractivity contribution >= 4 is 18.1 Å². The highest BCUT2D eigenvalue weighted by atomic mass is 16.6. The van der Waals surface area contributed by atoms with Gasteiger partial charge in [-0.1, -0.05) is 48.5 Å². The van der Waals surface area contributed by atoms with Gasteiger partial charge in [0.2, 0.25) is 5.91 Å². The molecule has 0 aromatic heterocycles. The van der Waals surface area contributed by atoms with Crippen LogP contribution in [-0.4, -0.2) is 49.4 Å². The minimum Gasteiger partial charge on any atom is -0.449 e. The van der Waals surface area contributed by atoms with E-state index in [9.17, 15) is 14.4 Å². The molecule has 1 aliphatic rings. The summed E-state index contributed by atoms with van der Waals surface area (Å²) in [7, 11) is 0. The molecule has 194 valence electrons. The fraction of sp³-hybridized carbons (Fsp3) is 0.464. The number of ether oxygens (including phenoxy) is 2. The number of carbonyl (C=O) groups excluding carboxylic acids is 3. The molecule has 0 spiro atoms. The second kappa shape index (κ2) is 12.4. The Morgan fingerprint density at radius 1 is 0.889 bits per heavy atom. The molecule has 1 atom stereocenters. The number of carbonyl (C=O) groups is 3. The van der Waals surface area contributed by atoms with Crippen LogP contribution in [0.5, 0.6) is 0 Å². The van der Waals surface area contributed by atoms with Crippen LogP contribution in [0.15, 0.2) is 48.5 Å². The van der Waals surface area contributed by atoms with Crippen LogP contribution in [0.1, 0.15) is 64.0 Å². The van der Waals surface area contributed by atoms with Gasteiger partial charge in [-0.25, -0.2) is 9.59 Å². The third kappa shape index (κ3) is 7.47. The zero-order valence-electron chi connectivity index (χ0n) is 21.6. The number of amides is 3. The zero-order valence-corrected chi connectivity index (χ0v) is 21.6. The maximum Gasteiger partial charge on any atom is 0.407 e. The van der Waals surface area contributed by atoms with E-state index >= 15 is 0 Å². The largest absolute Gasteiger partial charge is 0.449 e. The highest BCUT2D eigenvalue weighted by molar-refractivity contribution is 5.85. The summed E-state index contributed by atoms with van der Waals surface area (Å²) in [5.74, 6) is -0.309. The summed E-state index contributed by atoms with van der Waals surface area (Å²) in [5.41, 5.74) is 4.01. The molecule has 3 amide bonds. The molecule has 8 nitrogen and oxygen atoms in total. The van der Waals surface area contributed by atoms with Gasteiger partial charge in [0.15, 0.2) is 0 Å². The minimum atomic E-state index is -0.720. The van der Waals surface area contributed by atoms with Crippen molar-refractivity contribution in [2.24, 2.45) is 0 Å². The van der Waals surface area contributed by atoms with Crippen LogP contribution in [0.3, 0.4) is 0 Å². The monoisotopic (exact) mass is 495 g/mol. The second-order valence-electron chi connectivity index (χ2n) is 9.84. The van der Waals surface area contributed by atoms with E-state index < -0.39 is 23.8 Å². The summed E-state index contributed by atoms with van der Waals surface area (Å²) in [6, 6.07) is 15.5. The van der Waals surface area contributed by atoms with Gasteiger partial charge < -0.3 is 25.4 Å². The molecule has 3 rings (SSSR count). The van der Waals surface area contributed by atoms with E-state index in [1.165, 1.54) is 0 Å². The van der Waals surface area contributed by atoms with Crippen LogP contribution in [0.2, 0.25) is 0 Å². The lowest BCUT2D eigenvalue weighted by Crippen LogP contribution is -2.47. The molecule has 2 aromatic rings. The number of alkyl carbamates (subject to hydrolysis) is 2. The van der Waals surface area contributed by atoms with Gasteiger partial charge in [-0.15, -0.1) is 0 Å². The Hall–Kier alpha value is -3.55. The number of unbranched alkanes of at least 4 members (excludes halogenated alkanes) is 1. The Kier molecular flexibility index (Phi) is 9.33. The summed E-state index contributed by atoms with van der Waals surface area (Å²) in [6.07, 6.45) is 0.592. The summed E-state index contributed by atoms with van der Waals surface area (Å²) in [6.45, 7) is 8.30. The first-order valence-corrected chi connectivity index (χ1v) is 12.6. The van der Waals surface area contributed by atoms with E-state index in [1.54, 1.807) is 20.8 Å². The SMILES string of the molecule is CCNC(=O)C(CCCCNC(=O)OC(C)(C)C)NC(=O)OCC1c2ccccc2-c2ccccc21. The Bertz CT molecular complexity index is 1020. The van der Waals surface area contributed by atoms with Crippen molar-refractivity contribution in [1.82, 2.24) is 16.0 Å². The van der Waals surface area contributed by atoms with Crippen LogP contribution in [0.4, 0.5) is 9.59 Å². The molecule has 0 aliphatic heterocycles. The predicted molar refractivity (Wildman–Crippen MR) is 139 cm³/mol. The van der Waals surface area contributed by atoms with Gasteiger partial charge in [0.05, 0.1) is 0 Å². The van der Waals surface area contributed by atoms with Gasteiger partial charge in [0, 0.05) is 19.0 Å². The average Bonchev–Trinajstić information content (AvgIpc) is 3.14. The predicted octanol–water partition coefficient (Wildman–Crippen LogP) is 4.72. The van der Waals surface area contributed by atoms with E-state index in [0.29, 0.717) is 32.4 Å². The smallest absolute Gasteiger partial charge is 0.407 e. The van der Waals surface area contributed by atoms with Crippen molar-refractivity contribution in [3.8, 4) is 11.1 Å². The molecule has 0 radical (unpaired) electrons. The van der Waals surface area contributed by atoms with Crippen LogP contribution >= 0.6 is 0 Å². The first-order chi connectivity index (χ1) is 17.2. The molecule has 0 fully saturated rings. The van der Waals surface area contributed by atoms with Gasteiger partial charge in [-0.3, -0.25) is 4.79 Å². The minimum absolute atomic E-state index is 0.0509. The first kappa shape index (κ1) is 27.0. The third-order valence-corrected chi connectivity index (χ3v) is 5.89. The van der Waals surface area contributed by atoms with Crippen molar-refractivity contribution in [1.29, 1.82) is 0 Å². The normalized spacial score (nSPS) is 13.2. The summed E-state index contributed by atoms with van der Waals surface area (Å²) >= 11 is 0. The lowest BCUT2D eigenvalue weighted by molar-refractivity contribution is -0.123. The third-order valence-electron chi connectivity index (χ3n) is 5.89. The zero-order chi connectivity index (χ0) is 26.1. The molecule has 1 aliphatic carbocycles. The second-order valence-corrected chi connectivity index (χ2v) is 9.84. The number of fused-ring (bicyclic) bond motifs is 3. The van der Waals surface area contributed by atoms with Crippen molar-refractivity contribution in [2.45, 2.75) is 64.5 Å². The van der Waals surface area contributed by atoms with Crippen molar-refractivity contribution in [3.63, 3.8) is 0 Å². The van der Waals surface area contributed by atoms with Crippen LogP contribution in [0.25, 0.3) is 11.1 Å². The molecule has 36 heavy (non-hydrogen) atoms. The molecule has 1 unspecified atom stereocenters. The molecular weight excluding hydrogens is 458 g/mol. The number of hydrogen-bond acceptors (Lipinski definition) is 5. The highest BCUT2D eigenvalue weighted by Gasteiger charge is 2.29. The van der Waals surface area contributed by atoms with Crippen LogP contribution in [-0.2, 0) is 14.3 Å². The number of likely N-dealkylation sites (N-methyl/N-ethyl adjacent to an activating group) is 1. The summed E-state index contributed by atoms with van der Waals surface area (Å²) in [4.78, 5) is 36.9. The fourth-order valence-electron chi connectivity index (χ4n) is 4.33. The molecule has 8 heteroatoms. The van der Waals surface area contributed by atoms with Crippen molar-refractivity contribution in [2.75, 3.05) is 19.7 Å². The number of nitrogens with one attached hydrogen (secondary N) is 3. The van der Waals surface area contributed by atoms with Gasteiger partial charge in [0.1, 0.15) is 18.2 Å². The standard InChI is InChI=1S/C28H37N3O5/c1-5-29-25(32)24(16-10-11-17-30-26(33)36-28(2,3)4)31-27(34)35-18-23-21-14-8-6-12-19(21)20-13-7-9-15-22(20)23/h6-9,12-15,23-24H,5,10-11,16-18H2,1-4H3,(H,29,32)(H,30,33)(H,31,34). The molecule has 0 saturated carbocycles. The fourth-order valence-corrected chi connectivity index (χ4v) is 4.33. The lowest BCUT2D eigenvalue weighted by atomic mass is 9.98. The highest BCUT2D eigenvalue weighted by Crippen LogP contribution is 2.44. The number of benzene rings is 2. The Balaban J connectivity index is 1.51. The first-order valence-electron chi connectivity index (χ1n) is 12.6. The van der Waals surface area contributed by atoms with Crippen LogP contribution in [0, 0.1) is 0 Å². The molecular formula is C28H37N3O5. The maximum absolute atomic E-state index is 12.7. The van der Waals surface area contributed by atoms with E-state index in [0.717, 1.165) is 22.3 Å². The summed E-state index contributed by atoms with van der Waals surface area (Å²) in [5, 5.41) is 8.18. The van der Waals surface area contributed by atoms with Crippen molar-refractivity contribution in [3.05, 3.63) is 59.7 Å². The van der Waals surface area contributed by atoms with Crippen molar-refractivity contribution < 1.29 is 23.9 Å². The van der Waals surface area contributed by atoms with E-state index in [-0.39, 0.29) is 18.4 Å². The quantitative estimate of drug-likeness (QED) is 0.414. The molecule has 3 N–H and O–H groups in total. The number of hydrogen-bond donors (Lipinski definition) is 3. The molecule has 2 aromatic carbocycles. The number of rotatable bonds is 10.